The molecule has 0 saturated heterocycles. The minimum atomic E-state index is 0.405. The van der Waals surface area contributed by atoms with Gasteiger partial charge >= 0.3 is 0 Å². The second-order valence-corrected chi connectivity index (χ2v) is 4.55. The van der Waals surface area contributed by atoms with Gasteiger partial charge in [-0.2, -0.15) is 0 Å². The lowest BCUT2D eigenvalue weighted by molar-refractivity contribution is 0.543. The first-order valence-electron chi connectivity index (χ1n) is 5.11. The smallest absolute Gasteiger partial charge is 0.00458 e. The molecule has 0 fully saturated rings. The normalized spacial score (nSPS) is 13.1. The van der Waals surface area contributed by atoms with Crippen molar-refractivity contribution in [2.24, 2.45) is 5.73 Å². The van der Waals surface area contributed by atoms with E-state index in [9.17, 15) is 0 Å². The quantitative estimate of drug-likeness (QED) is 0.744. The van der Waals surface area contributed by atoms with Gasteiger partial charge in [0.15, 0.2) is 0 Å². The van der Waals surface area contributed by atoms with Crippen molar-refractivity contribution in [3.05, 3.63) is 22.4 Å². The molecule has 13 heavy (non-hydrogen) atoms. The van der Waals surface area contributed by atoms with E-state index in [-0.39, 0.29) is 0 Å². The zero-order chi connectivity index (χ0) is 9.52. The van der Waals surface area contributed by atoms with Gasteiger partial charge in [-0.15, -0.1) is 11.3 Å². The molecule has 2 heteroatoms. The van der Waals surface area contributed by atoms with E-state index in [4.69, 9.17) is 5.73 Å². The first-order valence-corrected chi connectivity index (χ1v) is 5.99. The van der Waals surface area contributed by atoms with Crippen molar-refractivity contribution in [2.75, 3.05) is 0 Å². The van der Waals surface area contributed by atoms with E-state index in [0.717, 1.165) is 12.8 Å². The zero-order valence-electron chi connectivity index (χ0n) is 8.33. The fourth-order valence-corrected chi connectivity index (χ4v) is 2.12. The summed E-state index contributed by atoms with van der Waals surface area (Å²) in [7, 11) is 0. The summed E-state index contributed by atoms with van der Waals surface area (Å²) in [6.45, 7) is 2.21. The van der Waals surface area contributed by atoms with Gasteiger partial charge in [-0.3, -0.25) is 0 Å². The molecular weight excluding hydrogens is 178 g/mol. The number of aryl methyl sites for hydroxylation is 1. The summed E-state index contributed by atoms with van der Waals surface area (Å²) < 4.78 is 0. The molecule has 0 amide bonds. The Morgan fingerprint density at radius 1 is 1.46 bits per heavy atom. The van der Waals surface area contributed by atoms with Crippen molar-refractivity contribution in [3.63, 3.8) is 0 Å². The molecule has 0 radical (unpaired) electrons. The fourth-order valence-electron chi connectivity index (χ4n) is 1.39. The fraction of sp³-hybridized carbons (Fsp3) is 0.636. The van der Waals surface area contributed by atoms with Gasteiger partial charge < -0.3 is 5.73 Å². The number of rotatable bonds is 6. The van der Waals surface area contributed by atoms with E-state index >= 15 is 0 Å². The molecule has 1 aromatic heterocycles. The molecule has 1 unspecified atom stereocenters. The molecule has 0 aliphatic rings. The van der Waals surface area contributed by atoms with Crippen LogP contribution in [0, 0.1) is 0 Å². The molecule has 0 aliphatic carbocycles. The van der Waals surface area contributed by atoms with Crippen LogP contribution in [0.2, 0.25) is 0 Å². The van der Waals surface area contributed by atoms with E-state index in [2.05, 4.69) is 24.4 Å². The van der Waals surface area contributed by atoms with Gasteiger partial charge in [0.2, 0.25) is 0 Å². The van der Waals surface area contributed by atoms with E-state index in [1.54, 1.807) is 0 Å². The van der Waals surface area contributed by atoms with Crippen LogP contribution in [-0.2, 0) is 6.42 Å². The first-order chi connectivity index (χ1) is 6.33. The van der Waals surface area contributed by atoms with Crippen molar-refractivity contribution in [1.82, 2.24) is 0 Å². The second kappa shape index (κ2) is 6.17. The molecule has 0 saturated carbocycles. The SMILES string of the molecule is CCCCC(N)CCc1cccs1. The summed E-state index contributed by atoms with van der Waals surface area (Å²) in [5.41, 5.74) is 5.98. The van der Waals surface area contributed by atoms with Crippen LogP contribution < -0.4 is 5.73 Å². The maximum Gasteiger partial charge on any atom is 0.00458 e. The topological polar surface area (TPSA) is 26.0 Å². The van der Waals surface area contributed by atoms with Gasteiger partial charge in [-0.05, 0) is 30.7 Å². The first kappa shape index (κ1) is 10.7. The van der Waals surface area contributed by atoms with Crippen LogP contribution in [0.5, 0.6) is 0 Å². The van der Waals surface area contributed by atoms with Crippen molar-refractivity contribution in [3.8, 4) is 0 Å². The summed E-state index contributed by atoms with van der Waals surface area (Å²) in [6, 6.07) is 4.71. The van der Waals surface area contributed by atoms with Gasteiger partial charge in [0.1, 0.15) is 0 Å². The van der Waals surface area contributed by atoms with Crippen LogP contribution in [0.4, 0.5) is 0 Å². The monoisotopic (exact) mass is 197 g/mol. The van der Waals surface area contributed by atoms with E-state index in [1.807, 2.05) is 11.3 Å². The lowest BCUT2D eigenvalue weighted by Crippen LogP contribution is -2.20. The molecule has 0 aliphatic heterocycles. The molecule has 1 aromatic rings. The Balaban J connectivity index is 2.11. The molecule has 1 heterocycles. The summed E-state index contributed by atoms with van der Waals surface area (Å²) in [4.78, 5) is 1.46. The standard InChI is InChI=1S/C11H19NS/c1-2-3-5-10(12)7-8-11-6-4-9-13-11/h4,6,9-10H,2-3,5,7-8,12H2,1H3. The lowest BCUT2D eigenvalue weighted by atomic mass is 10.1. The summed E-state index contributed by atoms with van der Waals surface area (Å²) in [5, 5.41) is 2.13. The van der Waals surface area contributed by atoms with Crippen LogP contribution in [0.3, 0.4) is 0 Å². The van der Waals surface area contributed by atoms with Gasteiger partial charge in [0.25, 0.3) is 0 Å². The highest BCUT2D eigenvalue weighted by Crippen LogP contribution is 2.13. The molecule has 1 rings (SSSR count). The predicted molar refractivity (Wildman–Crippen MR) is 60.1 cm³/mol. The maximum absolute atomic E-state index is 5.98. The molecule has 0 aromatic carbocycles. The lowest BCUT2D eigenvalue weighted by Gasteiger charge is -2.09. The highest BCUT2D eigenvalue weighted by molar-refractivity contribution is 7.09. The number of hydrogen-bond donors (Lipinski definition) is 1. The molecule has 1 atom stereocenters. The van der Waals surface area contributed by atoms with Crippen LogP contribution >= 0.6 is 11.3 Å². The predicted octanol–water partition coefficient (Wildman–Crippen LogP) is 3.20. The average molecular weight is 197 g/mol. The third-order valence-corrected chi connectivity index (χ3v) is 3.21. The Morgan fingerprint density at radius 2 is 2.31 bits per heavy atom. The molecule has 2 N–H and O–H groups in total. The van der Waals surface area contributed by atoms with Crippen molar-refractivity contribution >= 4 is 11.3 Å². The number of unbranched alkanes of at least 4 members (excludes halogenated alkanes) is 1. The molecule has 1 nitrogen and oxygen atoms in total. The maximum atomic E-state index is 5.98. The highest BCUT2D eigenvalue weighted by atomic mass is 32.1. The minimum Gasteiger partial charge on any atom is -0.328 e. The molecule has 0 bridgehead atoms. The van der Waals surface area contributed by atoms with Crippen LogP contribution in [-0.4, -0.2) is 6.04 Å². The summed E-state index contributed by atoms with van der Waals surface area (Å²) in [5.74, 6) is 0. The number of hydrogen-bond acceptors (Lipinski definition) is 2. The largest absolute Gasteiger partial charge is 0.328 e. The van der Waals surface area contributed by atoms with Gasteiger partial charge in [-0.25, -0.2) is 0 Å². The Morgan fingerprint density at radius 3 is 2.92 bits per heavy atom. The summed E-state index contributed by atoms with van der Waals surface area (Å²) >= 11 is 1.83. The average Bonchev–Trinajstić information content (AvgIpc) is 2.64. The van der Waals surface area contributed by atoms with E-state index < -0.39 is 0 Å². The zero-order valence-corrected chi connectivity index (χ0v) is 9.15. The van der Waals surface area contributed by atoms with Crippen molar-refractivity contribution in [2.45, 2.75) is 45.1 Å². The Hall–Kier alpha value is -0.340. The van der Waals surface area contributed by atoms with Gasteiger partial charge in [0, 0.05) is 10.9 Å². The van der Waals surface area contributed by atoms with Crippen molar-refractivity contribution in [1.29, 1.82) is 0 Å². The van der Waals surface area contributed by atoms with E-state index in [0.29, 0.717) is 6.04 Å². The van der Waals surface area contributed by atoms with Crippen LogP contribution in [0.15, 0.2) is 17.5 Å². The highest BCUT2D eigenvalue weighted by Gasteiger charge is 2.02. The van der Waals surface area contributed by atoms with Crippen LogP contribution in [0.25, 0.3) is 0 Å². The third kappa shape index (κ3) is 4.44. The Bertz CT molecular complexity index is 206. The second-order valence-electron chi connectivity index (χ2n) is 3.52. The third-order valence-electron chi connectivity index (χ3n) is 2.27. The Labute approximate surface area is 85.0 Å². The number of thiophene rings is 1. The summed E-state index contributed by atoms with van der Waals surface area (Å²) in [6.07, 6.45) is 6.00. The number of nitrogens with two attached hydrogens (primary N) is 1. The molecular formula is C11H19NS. The molecule has 74 valence electrons. The van der Waals surface area contributed by atoms with Gasteiger partial charge in [0.05, 0.1) is 0 Å². The molecule has 0 spiro atoms. The van der Waals surface area contributed by atoms with E-state index in [1.165, 1.54) is 24.1 Å². The van der Waals surface area contributed by atoms with Crippen LogP contribution in [0.1, 0.15) is 37.5 Å². The van der Waals surface area contributed by atoms with Gasteiger partial charge in [-0.1, -0.05) is 25.8 Å². The minimum absolute atomic E-state index is 0.405. The van der Waals surface area contributed by atoms with Crippen molar-refractivity contribution < 1.29 is 0 Å². The Kier molecular flexibility index (Phi) is 5.09.